The van der Waals surface area contributed by atoms with Crippen molar-refractivity contribution < 1.29 is 18.4 Å². The van der Waals surface area contributed by atoms with Gasteiger partial charge in [-0.1, -0.05) is 30.3 Å². The molecule has 0 saturated carbocycles. The lowest BCUT2D eigenvalue weighted by atomic mass is 9.73. The van der Waals surface area contributed by atoms with Crippen LogP contribution >= 0.6 is 0 Å². The smallest absolute Gasteiger partial charge is 0.282 e. The van der Waals surface area contributed by atoms with Crippen molar-refractivity contribution in [2.45, 2.75) is 18.8 Å². The van der Waals surface area contributed by atoms with Gasteiger partial charge in [-0.15, -0.1) is 0 Å². The maximum Gasteiger partial charge on any atom is 0.282 e. The zero-order valence-corrected chi connectivity index (χ0v) is 15.8. The molecule has 2 aromatic rings. The molecule has 8 heteroatoms. The second-order valence-electron chi connectivity index (χ2n) is 7.68. The topological polar surface area (TPSA) is 58.4 Å². The fourth-order valence-corrected chi connectivity index (χ4v) is 4.64. The second-order valence-corrected chi connectivity index (χ2v) is 7.68. The molecule has 2 aliphatic heterocycles. The number of likely N-dealkylation sites (N-methyl/N-ethyl adjacent to an activating group) is 1. The first-order valence-corrected chi connectivity index (χ1v) is 9.25. The minimum atomic E-state index is -2.83. The number of benzene rings is 1. The van der Waals surface area contributed by atoms with Crippen LogP contribution in [0.1, 0.15) is 40.4 Å². The van der Waals surface area contributed by atoms with E-state index in [0.717, 1.165) is 5.56 Å². The summed E-state index contributed by atoms with van der Waals surface area (Å²) in [6.45, 7) is 1.17. The largest absolute Gasteiger partial charge is 0.345 e. The summed E-state index contributed by atoms with van der Waals surface area (Å²) in [4.78, 5) is 29.3. The maximum atomic E-state index is 13.3. The van der Waals surface area contributed by atoms with Gasteiger partial charge in [-0.2, -0.15) is 5.10 Å². The lowest BCUT2D eigenvalue weighted by molar-refractivity contribution is -0.134. The van der Waals surface area contributed by atoms with Crippen LogP contribution in [0.3, 0.4) is 0 Å². The van der Waals surface area contributed by atoms with Gasteiger partial charge in [-0.25, -0.2) is 8.78 Å². The van der Waals surface area contributed by atoms with Crippen LogP contribution in [0.2, 0.25) is 0 Å². The first-order chi connectivity index (χ1) is 13.3. The lowest BCUT2D eigenvalue weighted by Gasteiger charge is -2.28. The van der Waals surface area contributed by atoms with Gasteiger partial charge in [0, 0.05) is 45.8 Å². The highest BCUT2D eigenvalue weighted by Crippen LogP contribution is 2.49. The van der Waals surface area contributed by atoms with Crippen molar-refractivity contribution in [3.63, 3.8) is 0 Å². The van der Waals surface area contributed by atoms with Gasteiger partial charge in [-0.3, -0.25) is 14.3 Å². The Balaban J connectivity index is 1.65. The van der Waals surface area contributed by atoms with Crippen LogP contribution in [0.15, 0.2) is 36.5 Å². The van der Waals surface area contributed by atoms with E-state index in [1.54, 1.807) is 11.9 Å². The molecule has 0 bridgehead atoms. The fourth-order valence-electron chi connectivity index (χ4n) is 4.64. The molecule has 2 saturated heterocycles. The van der Waals surface area contributed by atoms with E-state index in [1.807, 2.05) is 30.3 Å². The Kier molecular flexibility index (Phi) is 4.44. The van der Waals surface area contributed by atoms with E-state index in [0.29, 0.717) is 19.5 Å². The summed E-state index contributed by atoms with van der Waals surface area (Å²) < 4.78 is 27.8. The van der Waals surface area contributed by atoms with Gasteiger partial charge >= 0.3 is 0 Å². The van der Waals surface area contributed by atoms with Gasteiger partial charge < -0.3 is 9.80 Å². The first kappa shape index (κ1) is 18.6. The van der Waals surface area contributed by atoms with Crippen LogP contribution in [0.4, 0.5) is 8.78 Å². The summed E-state index contributed by atoms with van der Waals surface area (Å²) >= 11 is 0. The number of alkyl halides is 2. The Morgan fingerprint density at radius 2 is 1.96 bits per heavy atom. The highest BCUT2D eigenvalue weighted by atomic mass is 19.3. The summed E-state index contributed by atoms with van der Waals surface area (Å²) in [5.74, 6) is -0.515. The maximum absolute atomic E-state index is 13.3. The number of aryl methyl sites for hydroxylation is 1. The molecule has 1 aromatic carbocycles. The molecule has 0 aliphatic carbocycles. The van der Waals surface area contributed by atoms with Crippen molar-refractivity contribution >= 4 is 11.8 Å². The fraction of sp³-hybridized carbons (Fsp3) is 0.450. The second kappa shape index (κ2) is 6.68. The van der Waals surface area contributed by atoms with Gasteiger partial charge in [-0.05, 0) is 12.0 Å². The predicted molar refractivity (Wildman–Crippen MR) is 97.9 cm³/mol. The molecular weight excluding hydrogens is 366 g/mol. The van der Waals surface area contributed by atoms with E-state index >= 15 is 0 Å². The van der Waals surface area contributed by atoms with E-state index in [4.69, 9.17) is 0 Å². The third kappa shape index (κ3) is 2.78. The third-order valence-electron chi connectivity index (χ3n) is 5.98. The number of carbonyl (C=O) groups is 2. The normalized spacial score (nSPS) is 24.8. The zero-order chi connectivity index (χ0) is 20.1. The number of hydrogen-bond donors (Lipinski definition) is 0. The number of amides is 2. The number of aromatic nitrogens is 2. The molecule has 6 nitrogen and oxygen atoms in total. The molecule has 3 heterocycles. The molecule has 0 N–H and O–H groups in total. The van der Waals surface area contributed by atoms with Crippen LogP contribution in [0, 0.1) is 5.41 Å². The minimum Gasteiger partial charge on any atom is -0.345 e. The Bertz CT molecular complexity index is 914. The Morgan fingerprint density at radius 3 is 2.64 bits per heavy atom. The number of carbonyl (C=O) groups excluding carboxylic acids is 2. The monoisotopic (exact) mass is 388 g/mol. The van der Waals surface area contributed by atoms with Gasteiger partial charge in [0.15, 0.2) is 0 Å². The first-order valence-electron chi connectivity index (χ1n) is 9.25. The molecule has 0 unspecified atom stereocenters. The van der Waals surface area contributed by atoms with Crippen molar-refractivity contribution in [3.05, 3.63) is 53.3 Å². The molecule has 28 heavy (non-hydrogen) atoms. The minimum absolute atomic E-state index is 0.0110. The molecule has 2 fully saturated rings. The Labute approximate surface area is 161 Å². The van der Waals surface area contributed by atoms with Crippen molar-refractivity contribution in [1.82, 2.24) is 19.6 Å². The summed E-state index contributed by atoms with van der Waals surface area (Å²) in [7, 11) is 3.28. The number of halogens is 2. The van der Waals surface area contributed by atoms with Crippen molar-refractivity contribution in [1.29, 1.82) is 0 Å². The van der Waals surface area contributed by atoms with Crippen LogP contribution in [0.25, 0.3) is 0 Å². The number of nitrogens with zero attached hydrogens (tertiary/aromatic N) is 4. The van der Waals surface area contributed by atoms with E-state index in [-0.39, 0.29) is 23.9 Å². The van der Waals surface area contributed by atoms with Crippen LogP contribution in [-0.4, -0.2) is 58.1 Å². The molecule has 2 aliphatic rings. The highest BCUT2D eigenvalue weighted by molar-refractivity contribution is 5.97. The quantitative estimate of drug-likeness (QED) is 0.812. The van der Waals surface area contributed by atoms with Crippen molar-refractivity contribution in [2.24, 2.45) is 12.5 Å². The van der Waals surface area contributed by atoms with E-state index in [2.05, 4.69) is 5.10 Å². The summed E-state index contributed by atoms with van der Waals surface area (Å²) in [5, 5.41) is 3.73. The Hall–Kier alpha value is -2.77. The molecule has 2 atom stereocenters. The average molecular weight is 388 g/mol. The highest BCUT2D eigenvalue weighted by Gasteiger charge is 2.57. The van der Waals surface area contributed by atoms with Crippen LogP contribution in [-0.2, 0) is 11.8 Å². The average Bonchev–Trinajstić information content (AvgIpc) is 3.36. The molecule has 2 amide bonds. The molecule has 148 valence electrons. The SMILES string of the molecule is CN1C[C@@H](c2ccccc2)[C@]2(CCN(C(=O)c3cn(C)nc3C(F)F)C2)C1=O. The molecule has 1 spiro atoms. The molecule has 4 rings (SSSR count). The zero-order valence-electron chi connectivity index (χ0n) is 15.8. The van der Waals surface area contributed by atoms with E-state index in [1.165, 1.54) is 22.8 Å². The Morgan fingerprint density at radius 1 is 1.25 bits per heavy atom. The lowest BCUT2D eigenvalue weighted by Crippen LogP contribution is -2.39. The number of likely N-dealkylation sites (tertiary alicyclic amines) is 2. The van der Waals surface area contributed by atoms with Crippen LogP contribution in [0.5, 0.6) is 0 Å². The van der Waals surface area contributed by atoms with Crippen molar-refractivity contribution in [2.75, 3.05) is 26.7 Å². The third-order valence-corrected chi connectivity index (χ3v) is 5.98. The standard InChI is InChI=1S/C20H22F2N4O2/c1-24-11-15(13-6-4-3-5-7-13)20(19(24)28)8-9-26(12-20)18(27)14-10-25(2)23-16(14)17(21)22/h3-7,10,15,17H,8-9,11-12H2,1-2H3/t15-,20+/m0/s1. The van der Waals surface area contributed by atoms with Gasteiger partial charge in [0.1, 0.15) is 5.69 Å². The molecule has 0 radical (unpaired) electrons. The predicted octanol–water partition coefficient (Wildman–Crippen LogP) is 2.45. The van der Waals surface area contributed by atoms with Gasteiger partial charge in [0.2, 0.25) is 5.91 Å². The van der Waals surface area contributed by atoms with Gasteiger partial charge in [0.05, 0.1) is 11.0 Å². The van der Waals surface area contributed by atoms with Crippen LogP contribution < -0.4 is 0 Å². The van der Waals surface area contributed by atoms with E-state index < -0.39 is 23.4 Å². The summed E-state index contributed by atoms with van der Waals surface area (Å²) in [6.07, 6.45) is -0.981. The van der Waals surface area contributed by atoms with Gasteiger partial charge in [0.25, 0.3) is 12.3 Å². The molecule has 1 aromatic heterocycles. The van der Waals surface area contributed by atoms with Crippen molar-refractivity contribution in [3.8, 4) is 0 Å². The van der Waals surface area contributed by atoms with E-state index in [9.17, 15) is 18.4 Å². The number of hydrogen-bond acceptors (Lipinski definition) is 3. The summed E-state index contributed by atoms with van der Waals surface area (Å²) in [6, 6.07) is 9.80. The molecular formula is C20H22F2N4O2. The number of rotatable bonds is 3. The summed E-state index contributed by atoms with van der Waals surface area (Å²) in [5.41, 5.74) is -0.254.